The van der Waals surface area contributed by atoms with Gasteiger partial charge in [-0.1, -0.05) is 18.0 Å². The Labute approximate surface area is 117 Å². The van der Waals surface area contributed by atoms with Crippen LogP contribution in [-0.4, -0.2) is 21.1 Å². The van der Waals surface area contributed by atoms with Crippen LogP contribution < -0.4 is 5.32 Å². The molecule has 1 atom stereocenters. The van der Waals surface area contributed by atoms with Gasteiger partial charge in [-0.2, -0.15) is 5.10 Å². The molecule has 1 saturated carbocycles. The average molecular weight is 277 g/mol. The van der Waals surface area contributed by atoms with Gasteiger partial charge in [-0.15, -0.1) is 0 Å². The monoisotopic (exact) mass is 276 g/mol. The minimum absolute atomic E-state index is 0.357. The Bertz CT molecular complexity index is 611. The van der Waals surface area contributed by atoms with Crippen LogP contribution in [0.25, 0.3) is 5.65 Å². The summed E-state index contributed by atoms with van der Waals surface area (Å²) in [6.45, 7) is 1.08. The summed E-state index contributed by atoms with van der Waals surface area (Å²) in [6.07, 6.45) is 6.15. The van der Waals surface area contributed by atoms with Gasteiger partial charge >= 0.3 is 0 Å². The molecule has 1 aliphatic heterocycles. The average Bonchev–Trinajstić information content (AvgIpc) is 3.19. The van der Waals surface area contributed by atoms with Crippen LogP contribution in [0.1, 0.15) is 55.5 Å². The molecule has 0 aromatic carbocycles. The molecule has 1 saturated heterocycles. The highest BCUT2D eigenvalue weighted by atomic mass is 35.5. The van der Waals surface area contributed by atoms with Crippen LogP contribution in [0.4, 0.5) is 0 Å². The van der Waals surface area contributed by atoms with Crippen molar-refractivity contribution in [2.24, 2.45) is 0 Å². The summed E-state index contributed by atoms with van der Waals surface area (Å²) in [5.74, 6) is 0.619. The van der Waals surface area contributed by atoms with Crippen molar-refractivity contribution in [2.45, 2.75) is 44.1 Å². The van der Waals surface area contributed by atoms with Gasteiger partial charge in [0.25, 0.3) is 0 Å². The predicted molar refractivity (Wildman–Crippen MR) is 74.6 cm³/mol. The molecule has 0 spiro atoms. The van der Waals surface area contributed by atoms with Crippen molar-refractivity contribution in [1.82, 2.24) is 19.9 Å². The molecule has 1 unspecified atom stereocenters. The van der Waals surface area contributed by atoms with E-state index in [2.05, 4.69) is 16.5 Å². The Morgan fingerprint density at radius 2 is 2.05 bits per heavy atom. The minimum Gasteiger partial charge on any atom is -0.309 e. The molecule has 0 radical (unpaired) electrons. The van der Waals surface area contributed by atoms with Crippen LogP contribution in [0.2, 0.25) is 5.15 Å². The molecule has 0 bridgehead atoms. The molecule has 1 aliphatic carbocycles. The molecule has 19 heavy (non-hydrogen) atoms. The van der Waals surface area contributed by atoms with Gasteiger partial charge in [0.15, 0.2) is 5.65 Å². The van der Waals surface area contributed by atoms with Crippen molar-refractivity contribution in [2.75, 3.05) is 6.54 Å². The van der Waals surface area contributed by atoms with E-state index >= 15 is 0 Å². The highest BCUT2D eigenvalue weighted by Crippen LogP contribution is 2.40. The van der Waals surface area contributed by atoms with E-state index in [1.54, 1.807) is 4.52 Å². The fourth-order valence-corrected chi connectivity index (χ4v) is 3.07. The van der Waals surface area contributed by atoms with E-state index < -0.39 is 0 Å². The SMILES string of the molecule is Clc1cc(C2CC2)nc2cc(C3CCCCN3)nn12. The fraction of sp³-hybridized carbons (Fsp3) is 0.571. The van der Waals surface area contributed by atoms with E-state index in [9.17, 15) is 0 Å². The molecule has 1 N–H and O–H groups in total. The van der Waals surface area contributed by atoms with E-state index in [-0.39, 0.29) is 0 Å². The Hall–Kier alpha value is -1.13. The van der Waals surface area contributed by atoms with Crippen LogP contribution in [0, 0.1) is 0 Å². The minimum atomic E-state index is 0.357. The Morgan fingerprint density at radius 1 is 1.16 bits per heavy atom. The second kappa shape index (κ2) is 4.46. The van der Waals surface area contributed by atoms with Gasteiger partial charge in [0, 0.05) is 17.7 Å². The lowest BCUT2D eigenvalue weighted by atomic mass is 10.0. The third kappa shape index (κ3) is 2.13. The van der Waals surface area contributed by atoms with Gasteiger partial charge in [0.2, 0.25) is 0 Å². The number of piperidine rings is 1. The normalized spacial score (nSPS) is 23.9. The predicted octanol–water partition coefficient (Wildman–Crippen LogP) is 3.07. The molecule has 2 aromatic heterocycles. The lowest BCUT2D eigenvalue weighted by Gasteiger charge is -2.21. The quantitative estimate of drug-likeness (QED) is 0.857. The summed E-state index contributed by atoms with van der Waals surface area (Å²) in [5.41, 5.74) is 3.08. The van der Waals surface area contributed by atoms with Crippen molar-refractivity contribution >= 4 is 17.2 Å². The molecule has 4 nitrogen and oxygen atoms in total. The van der Waals surface area contributed by atoms with Gasteiger partial charge in [-0.3, -0.25) is 0 Å². The summed E-state index contributed by atoms with van der Waals surface area (Å²) >= 11 is 6.33. The molecule has 4 rings (SSSR count). The highest BCUT2D eigenvalue weighted by Gasteiger charge is 2.26. The number of halogens is 1. The first-order valence-corrected chi connectivity index (χ1v) is 7.48. The molecular weight excluding hydrogens is 260 g/mol. The van der Waals surface area contributed by atoms with Crippen LogP contribution in [0.3, 0.4) is 0 Å². The Balaban J connectivity index is 1.75. The lowest BCUT2D eigenvalue weighted by Crippen LogP contribution is -2.27. The summed E-state index contributed by atoms with van der Waals surface area (Å²) in [6, 6.07) is 4.41. The van der Waals surface area contributed by atoms with E-state index in [0.717, 1.165) is 30.0 Å². The molecule has 2 aliphatic rings. The second-order valence-electron chi connectivity index (χ2n) is 5.62. The van der Waals surface area contributed by atoms with Crippen LogP contribution in [0.15, 0.2) is 12.1 Å². The van der Waals surface area contributed by atoms with E-state index in [4.69, 9.17) is 16.6 Å². The van der Waals surface area contributed by atoms with Crippen LogP contribution >= 0.6 is 11.6 Å². The number of hydrogen-bond acceptors (Lipinski definition) is 3. The molecule has 100 valence electrons. The van der Waals surface area contributed by atoms with Gasteiger partial charge in [0.05, 0.1) is 11.7 Å². The number of nitrogens with one attached hydrogen (secondary N) is 1. The van der Waals surface area contributed by atoms with E-state index in [1.807, 2.05) is 6.07 Å². The van der Waals surface area contributed by atoms with Crippen molar-refractivity contribution in [1.29, 1.82) is 0 Å². The number of aromatic nitrogens is 3. The van der Waals surface area contributed by atoms with Gasteiger partial charge < -0.3 is 5.32 Å². The van der Waals surface area contributed by atoms with Crippen molar-refractivity contribution < 1.29 is 0 Å². The molecule has 3 heterocycles. The zero-order valence-corrected chi connectivity index (χ0v) is 11.5. The third-order valence-electron chi connectivity index (χ3n) is 4.09. The smallest absolute Gasteiger partial charge is 0.157 e. The largest absolute Gasteiger partial charge is 0.309 e. The molecule has 5 heteroatoms. The molecule has 2 fully saturated rings. The number of fused-ring (bicyclic) bond motifs is 1. The topological polar surface area (TPSA) is 42.2 Å². The first kappa shape index (κ1) is 11.7. The van der Waals surface area contributed by atoms with Gasteiger partial charge in [0.1, 0.15) is 5.15 Å². The van der Waals surface area contributed by atoms with Crippen LogP contribution in [-0.2, 0) is 0 Å². The van der Waals surface area contributed by atoms with Crippen molar-refractivity contribution in [3.8, 4) is 0 Å². The van der Waals surface area contributed by atoms with Crippen molar-refractivity contribution in [3.63, 3.8) is 0 Å². The number of nitrogens with zero attached hydrogens (tertiary/aromatic N) is 3. The second-order valence-corrected chi connectivity index (χ2v) is 6.01. The Kier molecular flexibility index (Phi) is 2.74. The summed E-state index contributed by atoms with van der Waals surface area (Å²) < 4.78 is 1.76. The maximum Gasteiger partial charge on any atom is 0.157 e. The first-order valence-electron chi connectivity index (χ1n) is 7.11. The number of rotatable bonds is 2. The fourth-order valence-electron chi connectivity index (χ4n) is 2.84. The number of hydrogen-bond donors (Lipinski definition) is 1. The van der Waals surface area contributed by atoms with Crippen molar-refractivity contribution in [3.05, 3.63) is 28.7 Å². The molecule has 2 aromatic rings. The lowest BCUT2D eigenvalue weighted by molar-refractivity contribution is 0.404. The van der Waals surface area contributed by atoms with E-state index in [0.29, 0.717) is 17.1 Å². The standard InChI is InChI=1S/C14H17ClN4/c15-13-7-11(9-4-5-9)17-14-8-12(18-19(13)14)10-3-1-2-6-16-10/h7-10,16H,1-6H2. The summed E-state index contributed by atoms with van der Waals surface area (Å²) in [5, 5.41) is 8.81. The third-order valence-corrected chi connectivity index (χ3v) is 4.35. The van der Waals surface area contributed by atoms with E-state index in [1.165, 1.54) is 25.7 Å². The summed E-state index contributed by atoms with van der Waals surface area (Å²) in [4.78, 5) is 4.70. The highest BCUT2D eigenvalue weighted by molar-refractivity contribution is 6.29. The first-order chi connectivity index (χ1) is 9.31. The zero-order chi connectivity index (χ0) is 12.8. The Morgan fingerprint density at radius 3 is 2.79 bits per heavy atom. The molecule has 0 amide bonds. The van der Waals surface area contributed by atoms with Gasteiger partial charge in [-0.25, -0.2) is 9.50 Å². The maximum absolute atomic E-state index is 6.33. The maximum atomic E-state index is 6.33. The summed E-state index contributed by atoms with van der Waals surface area (Å²) in [7, 11) is 0. The molecular formula is C14H17ClN4. The van der Waals surface area contributed by atoms with Gasteiger partial charge in [-0.05, 0) is 38.3 Å². The van der Waals surface area contributed by atoms with Crippen LogP contribution in [0.5, 0.6) is 0 Å². The zero-order valence-electron chi connectivity index (χ0n) is 10.8.